The molecular weight excluding hydrogens is 227 g/mol. The minimum atomic E-state index is -0.207. The molecule has 3 rings (SSSR count). The fourth-order valence-corrected chi connectivity index (χ4v) is 2.49. The van der Waals surface area contributed by atoms with E-state index in [1.54, 1.807) is 12.1 Å². The molecule has 2 nitrogen and oxygen atoms in total. The zero-order chi connectivity index (χ0) is 12.7. The van der Waals surface area contributed by atoms with E-state index in [0.29, 0.717) is 0 Å². The van der Waals surface area contributed by atoms with Gasteiger partial charge >= 0.3 is 0 Å². The van der Waals surface area contributed by atoms with Gasteiger partial charge in [0.1, 0.15) is 5.82 Å². The summed E-state index contributed by atoms with van der Waals surface area (Å²) in [7, 11) is 0. The van der Waals surface area contributed by atoms with Gasteiger partial charge < -0.3 is 10.6 Å². The van der Waals surface area contributed by atoms with Crippen LogP contribution >= 0.6 is 0 Å². The van der Waals surface area contributed by atoms with Crippen LogP contribution in [0, 0.1) is 12.7 Å². The molecule has 0 spiro atoms. The summed E-state index contributed by atoms with van der Waals surface area (Å²) < 4.78 is 13.3. The molecular formula is C15H15FN2. The predicted molar refractivity (Wildman–Crippen MR) is 72.7 cm³/mol. The van der Waals surface area contributed by atoms with Gasteiger partial charge in [0.25, 0.3) is 0 Å². The number of hydrogen-bond donors (Lipinski definition) is 1. The molecule has 0 fully saturated rings. The summed E-state index contributed by atoms with van der Waals surface area (Å²) in [6.07, 6.45) is 0.979. The van der Waals surface area contributed by atoms with Crippen molar-refractivity contribution in [1.82, 2.24) is 0 Å². The van der Waals surface area contributed by atoms with Gasteiger partial charge in [-0.25, -0.2) is 4.39 Å². The highest BCUT2D eigenvalue weighted by Gasteiger charge is 2.21. The van der Waals surface area contributed by atoms with Crippen LogP contribution < -0.4 is 10.6 Å². The Labute approximate surface area is 106 Å². The third kappa shape index (κ3) is 1.72. The van der Waals surface area contributed by atoms with Crippen LogP contribution in [0.25, 0.3) is 0 Å². The zero-order valence-corrected chi connectivity index (χ0v) is 10.3. The number of nitrogens with zero attached hydrogens (tertiary/aromatic N) is 1. The largest absolute Gasteiger partial charge is 0.398 e. The van der Waals surface area contributed by atoms with Crippen LogP contribution in [0.5, 0.6) is 0 Å². The van der Waals surface area contributed by atoms with Gasteiger partial charge in [-0.15, -0.1) is 0 Å². The van der Waals surface area contributed by atoms with Crippen LogP contribution in [0.1, 0.15) is 11.1 Å². The second kappa shape index (κ2) is 4.02. The summed E-state index contributed by atoms with van der Waals surface area (Å²) in [5.74, 6) is -0.207. The van der Waals surface area contributed by atoms with Crippen molar-refractivity contribution < 1.29 is 4.39 Å². The Bertz CT molecular complexity index is 607. The highest BCUT2D eigenvalue weighted by Crippen LogP contribution is 2.37. The Morgan fingerprint density at radius 2 is 2.06 bits per heavy atom. The van der Waals surface area contributed by atoms with E-state index in [4.69, 9.17) is 5.73 Å². The summed E-state index contributed by atoms with van der Waals surface area (Å²) in [6, 6.07) is 10.8. The molecule has 2 aromatic rings. The summed E-state index contributed by atoms with van der Waals surface area (Å²) in [5, 5.41) is 0. The van der Waals surface area contributed by atoms with E-state index in [1.807, 2.05) is 19.1 Å². The van der Waals surface area contributed by atoms with E-state index < -0.39 is 0 Å². The molecule has 0 saturated heterocycles. The molecule has 0 amide bonds. The molecule has 2 N–H and O–H groups in total. The maximum atomic E-state index is 13.3. The Morgan fingerprint density at radius 3 is 2.83 bits per heavy atom. The fourth-order valence-electron chi connectivity index (χ4n) is 2.49. The number of nitrogens with two attached hydrogens (primary N) is 1. The average molecular weight is 242 g/mol. The first-order valence-electron chi connectivity index (χ1n) is 6.07. The van der Waals surface area contributed by atoms with Gasteiger partial charge in [0.2, 0.25) is 0 Å². The molecule has 0 unspecified atom stereocenters. The number of anilines is 3. The van der Waals surface area contributed by atoms with Gasteiger partial charge in [-0.1, -0.05) is 12.1 Å². The number of rotatable bonds is 1. The lowest BCUT2D eigenvalue weighted by Gasteiger charge is -2.20. The zero-order valence-electron chi connectivity index (χ0n) is 10.3. The van der Waals surface area contributed by atoms with Crippen molar-refractivity contribution in [3.8, 4) is 0 Å². The van der Waals surface area contributed by atoms with Crippen molar-refractivity contribution in [2.75, 3.05) is 17.2 Å². The number of aryl methyl sites for hydroxylation is 1. The lowest BCUT2D eigenvalue weighted by molar-refractivity contribution is 0.627. The van der Waals surface area contributed by atoms with Gasteiger partial charge in [0.15, 0.2) is 0 Å². The first kappa shape index (κ1) is 11.1. The van der Waals surface area contributed by atoms with Crippen LogP contribution in [0.2, 0.25) is 0 Å². The summed E-state index contributed by atoms with van der Waals surface area (Å²) in [6.45, 7) is 2.89. The Balaban J connectivity index is 2.07. The van der Waals surface area contributed by atoms with E-state index in [2.05, 4.69) is 11.0 Å². The smallest absolute Gasteiger partial charge is 0.125 e. The second-order valence-electron chi connectivity index (χ2n) is 4.72. The van der Waals surface area contributed by atoms with Gasteiger partial charge in [0, 0.05) is 23.6 Å². The molecule has 0 saturated carbocycles. The lowest BCUT2D eigenvalue weighted by Crippen LogP contribution is -2.13. The van der Waals surface area contributed by atoms with Gasteiger partial charge in [-0.05, 0) is 48.7 Å². The summed E-state index contributed by atoms with van der Waals surface area (Å²) in [5.41, 5.74) is 11.1. The Morgan fingerprint density at radius 1 is 1.22 bits per heavy atom. The normalized spacial score (nSPS) is 13.8. The first-order valence-corrected chi connectivity index (χ1v) is 6.07. The fraction of sp³-hybridized carbons (Fsp3) is 0.200. The molecule has 3 heteroatoms. The van der Waals surface area contributed by atoms with Crippen LogP contribution in [0.15, 0.2) is 36.4 Å². The van der Waals surface area contributed by atoms with Crippen LogP contribution in [-0.4, -0.2) is 6.54 Å². The lowest BCUT2D eigenvalue weighted by atomic mass is 10.1. The molecule has 1 aliphatic heterocycles. The molecule has 1 aliphatic rings. The quantitative estimate of drug-likeness (QED) is 0.776. The molecule has 0 radical (unpaired) electrons. The van der Waals surface area contributed by atoms with E-state index in [0.717, 1.165) is 35.6 Å². The van der Waals surface area contributed by atoms with Crippen molar-refractivity contribution >= 4 is 17.1 Å². The summed E-state index contributed by atoms with van der Waals surface area (Å²) >= 11 is 0. The summed E-state index contributed by atoms with van der Waals surface area (Å²) in [4.78, 5) is 2.12. The molecule has 1 heterocycles. The predicted octanol–water partition coefficient (Wildman–Crippen LogP) is 3.41. The number of halogens is 1. The molecule has 92 valence electrons. The van der Waals surface area contributed by atoms with Crippen molar-refractivity contribution in [3.05, 3.63) is 53.3 Å². The average Bonchev–Trinajstić information content (AvgIpc) is 2.73. The minimum Gasteiger partial charge on any atom is -0.398 e. The van der Waals surface area contributed by atoms with E-state index in [-0.39, 0.29) is 5.82 Å². The van der Waals surface area contributed by atoms with Crippen molar-refractivity contribution in [2.45, 2.75) is 13.3 Å². The standard InChI is InChI=1S/C15H15FN2/c1-10-7-11-5-6-18(15(11)9-14(10)17)13-4-2-3-12(16)8-13/h2-4,7-9H,5-6,17H2,1H3. The maximum absolute atomic E-state index is 13.3. The monoisotopic (exact) mass is 242 g/mol. The molecule has 0 aliphatic carbocycles. The Kier molecular flexibility index (Phi) is 2.47. The number of nitrogen functional groups attached to an aromatic ring is 1. The SMILES string of the molecule is Cc1cc2c(cc1N)N(c1cccc(F)c1)CC2. The van der Waals surface area contributed by atoms with Gasteiger partial charge in [0.05, 0.1) is 0 Å². The molecule has 0 bridgehead atoms. The Hall–Kier alpha value is -2.03. The van der Waals surface area contributed by atoms with Crippen LogP contribution in [0.3, 0.4) is 0 Å². The van der Waals surface area contributed by atoms with Crippen molar-refractivity contribution in [1.29, 1.82) is 0 Å². The third-order valence-electron chi connectivity index (χ3n) is 3.48. The minimum absolute atomic E-state index is 0.207. The van der Waals surface area contributed by atoms with Crippen molar-refractivity contribution in [2.24, 2.45) is 0 Å². The van der Waals surface area contributed by atoms with Crippen LogP contribution in [0.4, 0.5) is 21.5 Å². The third-order valence-corrected chi connectivity index (χ3v) is 3.48. The van der Waals surface area contributed by atoms with Gasteiger partial charge in [-0.2, -0.15) is 0 Å². The second-order valence-corrected chi connectivity index (χ2v) is 4.72. The molecule has 18 heavy (non-hydrogen) atoms. The number of fused-ring (bicyclic) bond motifs is 1. The maximum Gasteiger partial charge on any atom is 0.125 e. The van der Waals surface area contributed by atoms with E-state index in [9.17, 15) is 4.39 Å². The highest BCUT2D eigenvalue weighted by atomic mass is 19.1. The van der Waals surface area contributed by atoms with Crippen LogP contribution in [-0.2, 0) is 6.42 Å². The molecule has 2 aromatic carbocycles. The van der Waals surface area contributed by atoms with E-state index >= 15 is 0 Å². The molecule has 0 atom stereocenters. The number of benzene rings is 2. The highest BCUT2D eigenvalue weighted by molar-refractivity contribution is 5.74. The van der Waals surface area contributed by atoms with Gasteiger partial charge in [-0.3, -0.25) is 0 Å². The number of hydrogen-bond acceptors (Lipinski definition) is 2. The van der Waals surface area contributed by atoms with Crippen molar-refractivity contribution in [3.63, 3.8) is 0 Å². The van der Waals surface area contributed by atoms with E-state index in [1.165, 1.54) is 11.6 Å². The topological polar surface area (TPSA) is 29.3 Å². The molecule has 0 aromatic heterocycles. The first-order chi connectivity index (χ1) is 8.65.